The summed E-state index contributed by atoms with van der Waals surface area (Å²) in [5, 5.41) is 18.2. The van der Waals surface area contributed by atoms with E-state index in [0.29, 0.717) is 18.8 Å². The molecule has 4 N–H and O–H groups in total. The van der Waals surface area contributed by atoms with Crippen LogP contribution in [0.2, 0.25) is 0 Å². The van der Waals surface area contributed by atoms with Gasteiger partial charge >= 0.3 is 6.03 Å². The van der Waals surface area contributed by atoms with Crippen LogP contribution in [0.25, 0.3) is 0 Å². The maximum absolute atomic E-state index is 12.0. The quantitative estimate of drug-likeness (QED) is 0.479. The molecule has 2 rings (SSSR count). The smallest absolute Gasteiger partial charge is 0.315 e. The van der Waals surface area contributed by atoms with Crippen molar-refractivity contribution >= 4 is 16.1 Å². The van der Waals surface area contributed by atoms with Gasteiger partial charge in [0.25, 0.3) is 0 Å². The second-order valence-electron chi connectivity index (χ2n) is 5.00. The first-order chi connectivity index (χ1) is 11.5. The second-order valence-corrected chi connectivity index (χ2v) is 6.77. The lowest BCUT2D eigenvalue weighted by molar-refractivity contribution is 0.240. The number of aryl methyl sites for hydroxylation is 1. The third-order valence-electron chi connectivity index (χ3n) is 3.06. The Morgan fingerprint density at radius 2 is 1.92 bits per heavy atom. The summed E-state index contributed by atoms with van der Waals surface area (Å²) in [6.45, 7) is 2.59. The molecule has 0 saturated heterocycles. The van der Waals surface area contributed by atoms with Crippen LogP contribution in [0.1, 0.15) is 17.8 Å². The molecule has 1 aromatic carbocycles. The van der Waals surface area contributed by atoms with E-state index in [1.165, 1.54) is 0 Å². The normalized spacial score (nSPS) is 11.2. The summed E-state index contributed by atoms with van der Waals surface area (Å²) in [5.41, 5.74) is 0.991. The van der Waals surface area contributed by atoms with Crippen molar-refractivity contribution in [1.82, 2.24) is 36.0 Å². The van der Waals surface area contributed by atoms with Gasteiger partial charge in [0.15, 0.2) is 5.82 Å². The molecule has 0 atom stereocenters. The number of H-pyrrole nitrogens is 1. The Bertz CT molecular complexity index is 744. The first-order valence-corrected chi connectivity index (χ1v) is 8.76. The zero-order valence-electron chi connectivity index (χ0n) is 13.1. The predicted octanol–water partition coefficient (Wildman–Crippen LogP) is -0.324. The average Bonchev–Trinajstić information content (AvgIpc) is 3.06. The summed E-state index contributed by atoms with van der Waals surface area (Å²) in [6, 6.07) is 6.21. The van der Waals surface area contributed by atoms with Crippen LogP contribution in [0.5, 0.6) is 0 Å². The van der Waals surface area contributed by atoms with Gasteiger partial charge in [-0.15, -0.1) is 10.2 Å². The number of carbonyl (C=O) groups is 1. The zero-order valence-corrected chi connectivity index (χ0v) is 13.9. The van der Waals surface area contributed by atoms with Gasteiger partial charge in [-0.05, 0) is 25.5 Å². The van der Waals surface area contributed by atoms with Gasteiger partial charge in [0.05, 0.1) is 11.4 Å². The van der Waals surface area contributed by atoms with E-state index in [9.17, 15) is 13.2 Å². The molecule has 0 aliphatic rings. The maximum atomic E-state index is 12.0. The van der Waals surface area contributed by atoms with Gasteiger partial charge in [-0.25, -0.2) is 17.9 Å². The molecular weight excluding hydrogens is 334 g/mol. The molecule has 2 aromatic rings. The highest BCUT2D eigenvalue weighted by atomic mass is 32.2. The number of hydrogen-bond acceptors (Lipinski definition) is 6. The third-order valence-corrected chi connectivity index (χ3v) is 4.54. The first-order valence-electron chi connectivity index (χ1n) is 7.28. The highest BCUT2D eigenvalue weighted by Gasteiger charge is 2.12. The van der Waals surface area contributed by atoms with E-state index >= 15 is 0 Å². The Labute approximate surface area is 139 Å². The molecule has 1 heterocycles. The monoisotopic (exact) mass is 353 g/mol. The highest BCUT2D eigenvalue weighted by molar-refractivity contribution is 7.89. The lowest BCUT2D eigenvalue weighted by Gasteiger charge is -2.08. The largest absolute Gasteiger partial charge is 0.338 e. The fourth-order valence-electron chi connectivity index (χ4n) is 1.78. The number of rotatable bonds is 8. The summed E-state index contributed by atoms with van der Waals surface area (Å²) < 4.78 is 26.6. The minimum absolute atomic E-state index is 0.155. The fraction of sp³-hybridized carbons (Fsp3) is 0.385. The predicted molar refractivity (Wildman–Crippen MR) is 85.4 cm³/mol. The van der Waals surface area contributed by atoms with E-state index in [0.717, 1.165) is 5.56 Å². The van der Waals surface area contributed by atoms with E-state index in [-0.39, 0.29) is 24.0 Å². The van der Waals surface area contributed by atoms with Crippen LogP contribution in [0.3, 0.4) is 0 Å². The lowest BCUT2D eigenvalue weighted by atomic mass is 10.2. The van der Waals surface area contributed by atoms with Gasteiger partial charge in [-0.3, -0.25) is 0 Å². The van der Waals surface area contributed by atoms with Gasteiger partial charge in [0.2, 0.25) is 10.0 Å². The van der Waals surface area contributed by atoms with Crippen molar-refractivity contribution < 1.29 is 13.2 Å². The molecule has 2 amide bonds. The van der Waals surface area contributed by atoms with Crippen LogP contribution < -0.4 is 15.4 Å². The summed E-state index contributed by atoms with van der Waals surface area (Å²) >= 11 is 0. The molecule has 0 unspecified atom stereocenters. The molecule has 130 valence electrons. The molecule has 0 fully saturated rings. The number of benzene rings is 1. The molecule has 24 heavy (non-hydrogen) atoms. The molecule has 0 aliphatic carbocycles. The Balaban J connectivity index is 1.63. The van der Waals surface area contributed by atoms with E-state index in [2.05, 4.69) is 36.0 Å². The van der Waals surface area contributed by atoms with Gasteiger partial charge < -0.3 is 10.6 Å². The number of nitrogens with one attached hydrogen (secondary N) is 4. The Morgan fingerprint density at radius 3 is 2.58 bits per heavy atom. The molecule has 1 aromatic heterocycles. The van der Waals surface area contributed by atoms with Gasteiger partial charge in [0.1, 0.15) is 0 Å². The lowest BCUT2D eigenvalue weighted by Crippen LogP contribution is -2.37. The number of aromatic nitrogens is 4. The van der Waals surface area contributed by atoms with Crippen LogP contribution in [-0.4, -0.2) is 48.2 Å². The molecule has 0 saturated carbocycles. The minimum Gasteiger partial charge on any atom is -0.338 e. The van der Waals surface area contributed by atoms with Crippen molar-refractivity contribution in [1.29, 1.82) is 0 Å². The molecule has 0 bridgehead atoms. The zero-order chi connectivity index (χ0) is 17.4. The summed E-state index contributed by atoms with van der Waals surface area (Å²) in [4.78, 5) is 11.7. The summed E-state index contributed by atoms with van der Waals surface area (Å²) in [6.07, 6.45) is 0.459. The van der Waals surface area contributed by atoms with Crippen molar-refractivity contribution in [2.24, 2.45) is 0 Å². The van der Waals surface area contributed by atoms with Crippen LogP contribution in [0.15, 0.2) is 29.2 Å². The molecule has 10 nitrogen and oxygen atoms in total. The molecular formula is C13H19N7O3S. The van der Waals surface area contributed by atoms with Gasteiger partial charge in [-0.2, -0.15) is 5.21 Å². The first kappa shape index (κ1) is 17.8. The van der Waals surface area contributed by atoms with E-state index in [1.807, 2.05) is 6.92 Å². The van der Waals surface area contributed by atoms with Crippen LogP contribution in [-0.2, 0) is 16.6 Å². The number of urea groups is 1. The van der Waals surface area contributed by atoms with E-state index < -0.39 is 10.0 Å². The number of aromatic amines is 1. The summed E-state index contributed by atoms with van der Waals surface area (Å²) in [5.74, 6) is 0.371. The highest BCUT2D eigenvalue weighted by Crippen LogP contribution is 2.09. The van der Waals surface area contributed by atoms with Gasteiger partial charge in [0, 0.05) is 13.1 Å². The maximum Gasteiger partial charge on any atom is 0.315 e. The Hall–Kier alpha value is -2.53. The number of sulfonamides is 1. The number of tetrazole rings is 1. The van der Waals surface area contributed by atoms with E-state index in [1.54, 1.807) is 24.3 Å². The van der Waals surface area contributed by atoms with Crippen molar-refractivity contribution in [3.05, 3.63) is 35.7 Å². The van der Waals surface area contributed by atoms with Crippen molar-refractivity contribution in [3.63, 3.8) is 0 Å². The van der Waals surface area contributed by atoms with Crippen molar-refractivity contribution in [2.75, 3.05) is 13.1 Å². The number of amides is 2. The van der Waals surface area contributed by atoms with E-state index in [4.69, 9.17) is 0 Å². The van der Waals surface area contributed by atoms with Crippen LogP contribution >= 0.6 is 0 Å². The molecule has 11 heteroatoms. The summed E-state index contributed by atoms with van der Waals surface area (Å²) in [7, 11) is -3.52. The molecule has 0 radical (unpaired) electrons. The Morgan fingerprint density at radius 1 is 1.17 bits per heavy atom. The molecule has 0 aliphatic heterocycles. The minimum atomic E-state index is -3.52. The Kier molecular flexibility index (Phi) is 6.21. The number of carbonyl (C=O) groups excluding carboxylic acids is 1. The van der Waals surface area contributed by atoms with Crippen molar-refractivity contribution in [2.45, 2.75) is 24.8 Å². The van der Waals surface area contributed by atoms with Crippen molar-refractivity contribution in [3.8, 4) is 0 Å². The van der Waals surface area contributed by atoms with Crippen LogP contribution in [0, 0.1) is 6.92 Å². The molecule has 0 spiro atoms. The SMILES string of the molecule is Cc1ccc(S(=O)(=O)NCCCNC(=O)NCc2nn[nH]n2)cc1. The fourth-order valence-corrected chi connectivity index (χ4v) is 2.85. The number of hydrogen-bond donors (Lipinski definition) is 4. The average molecular weight is 353 g/mol. The van der Waals surface area contributed by atoms with Crippen LogP contribution in [0.4, 0.5) is 4.79 Å². The standard InChI is InChI=1S/C13H19N7O3S/c1-10-3-5-11(6-4-10)24(22,23)16-8-2-7-14-13(21)15-9-12-17-19-20-18-12/h3-6,16H,2,7-9H2,1H3,(H2,14,15,21)(H,17,18,19,20). The van der Waals surface area contributed by atoms with Gasteiger partial charge in [-0.1, -0.05) is 22.9 Å². The third kappa shape index (κ3) is 5.59. The number of nitrogens with zero attached hydrogens (tertiary/aromatic N) is 3. The topological polar surface area (TPSA) is 142 Å². The second kappa shape index (κ2) is 8.36.